The smallest absolute Gasteiger partial charge is 0.156 e. The number of fused-ring (bicyclic) bond motifs is 1. The van der Waals surface area contributed by atoms with Crippen LogP contribution in [-0.2, 0) is 0 Å². The van der Waals surface area contributed by atoms with Gasteiger partial charge in [-0.25, -0.2) is 19.4 Å². The van der Waals surface area contributed by atoms with Crippen molar-refractivity contribution in [2.75, 3.05) is 6.54 Å². The second kappa shape index (κ2) is 6.75. The number of aliphatic imine (C=N–C) groups is 1. The molecule has 1 aliphatic heterocycles. The van der Waals surface area contributed by atoms with Crippen LogP contribution in [0, 0.1) is 16.6 Å². The summed E-state index contributed by atoms with van der Waals surface area (Å²) in [6.45, 7) is 0.760. The molecule has 0 saturated carbocycles. The molecule has 0 aliphatic carbocycles. The number of thiazole rings is 1. The first-order valence-electron chi connectivity index (χ1n) is 8.14. The van der Waals surface area contributed by atoms with Gasteiger partial charge in [0.2, 0.25) is 0 Å². The van der Waals surface area contributed by atoms with Crippen LogP contribution in [0.25, 0.3) is 11.0 Å². The standard InChI is InChI=1S/C17H16FN7S/c18-10-6-11-12(9-23-16(11)22-8-10)15(20)24-14(7-19)25-4-1-2-13(25)17-21-3-5-26-17/h3,5-9,13,19-20H,1-2,4H2,(H,22,23)/b19-7?,20-15?,24-14+. The van der Waals surface area contributed by atoms with Crippen molar-refractivity contribution in [3.05, 3.63) is 46.4 Å². The molecule has 7 nitrogen and oxygen atoms in total. The lowest BCUT2D eigenvalue weighted by Gasteiger charge is -2.24. The van der Waals surface area contributed by atoms with Gasteiger partial charge in [0.05, 0.1) is 18.5 Å². The fourth-order valence-electron chi connectivity index (χ4n) is 3.22. The summed E-state index contributed by atoms with van der Waals surface area (Å²) in [5.41, 5.74) is 0.955. The maximum atomic E-state index is 13.5. The SMILES string of the molecule is N=C/C(=N\C(=N)c1c[nH]c2ncc(F)cc12)N1CCCC1c1nccs1. The number of hydrogen-bond donors (Lipinski definition) is 3. The Bertz CT molecular complexity index is 992. The number of rotatable bonds is 3. The number of nitrogens with one attached hydrogen (secondary N) is 3. The first kappa shape index (κ1) is 16.5. The quantitative estimate of drug-likeness (QED) is 0.487. The average molecular weight is 369 g/mol. The summed E-state index contributed by atoms with van der Waals surface area (Å²) in [5, 5.41) is 19.5. The zero-order chi connectivity index (χ0) is 18.1. The van der Waals surface area contributed by atoms with Crippen molar-refractivity contribution in [1.29, 1.82) is 10.8 Å². The second-order valence-corrected chi connectivity index (χ2v) is 6.86. The van der Waals surface area contributed by atoms with E-state index in [0.717, 1.165) is 36.8 Å². The molecule has 3 N–H and O–H groups in total. The van der Waals surface area contributed by atoms with Crippen LogP contribution in [0.4, 0.5) is 4.39 Å². The van der Waals surface area contributed by atoms with Gasteiger partial charge in [-0.05, 0) is 18.9 Å². The van der Waals surface area contributed by atoms with E-state index in [1.807, 2.05) is 10.3 Å². The normalized spacial score (nSPS) is 17.8. The van der Waals surface area contributed by atoms with E-state index in [2.05, 4.69) is 19.9 Å². The number of halogens is 1. The minimum Gasteiger partial charge on any atom is -0.346 e. The highest BCUT2D eigenvalue weighted by molar-refractivity contribution is 7.09. The molecule has 1 atom stereocenters. The highest BCUT2D eigenvalue weighted by atomic mass is 32.1. The Morgan fingerprint density at radius 1 is 1.46 bits per heavy atom. The van der Waals surface area contributed by atoms with E-state index in [1.165, 1.54) is 6.07 Å². The first-order valence-corrected chi connectivity index (χ1v) is 9.02. The summed E-state index contributed by atoms with van der Waals surface area (Å²) < 4.78 is 13.5. The van der Waals surface area contributed by atoms with Gasteiger partial charge in [-0.3, -0.25) is 5.41 Å². The van der Waals surface area contributed by atoms with E-state index < -0.39 is 5.82 Å². The Labute approximate surface area is 152 Å². The molecule has 0 aromatic carbocycles. The van der Waals surface area contributed by atoms with Crippen LogP contribution in [-0.4, -0.2) is 44.3 Å². The number of likely N-dealkylation sites (tertiary alicyclic amines) is 1. The summed E-state index contributed by atoms with van der Waals surface area (Å²) in [6, 6.07) is 1.40. The Morgan fingerprint density at radius 3 is 3.12 bits per heavy atom. The average Bonchev–Trinajstić information content (AvgIpc) is 3.37. The Morgan fingerprint density at radius 2 is 2.35 bits per heavy atom. The number of H-pyrrole nitrogens is 1. The molecule has 4 heterocycles. The van der Waals surface area contributed by atoms with Crippen molar-refractivity contribution >= 4 is 40.3 Å². The summed E-state index contributed by atoms with van der Waals surface area (Å²) >= 11 is 1.58. The third-order valence-corrected chi connectivity index (χ3v) is 5.27. The topological polar surface area (TPSA) is 105 Å². The number of nitrogens with zero attached hydrogens (tertiary/aromatic N) is 4. The van der Waals surface area contributed by atoms with E-state index in [-0.39, 0.29) is 11.9 Å². The van der Waals surface area contributed by atoms with Gasteiger partial charge in [0.15, 0.2) is 5.84 Å². The lowest BCUT2D eigenvalue weighted by Crippen LogP contribution is -2.32. The highest BCUT2D eigenvalue weighted by Gasteiger charge is 2.30. The van der Waals surface area contributed by atoms with E-state index >= 15 is 0 Å². The largest absolute Gasteiger partial charge is 0.346 e. The molecular formula is C17H16FN7S. The van der Waals surface area contributed by atoms with Crippen molar-refractivity contribution in [2.45, 2.75) is 18.9 Å². The summed E-state index contributed by atoms with van der Waals surface area (Å²) in [4.78, 5) is 17.6. The van der Waals surface area contributed by atoms with Crippen molar-refractivity contribution in [2.24, 2.45) is 4.99 Å². The van der Waals surface area contributed by atoms with Gasteiger partial charge in [0.25, 0.3) is 0 Å². The molecule has 3 aromatic rings. The molecule has 0 spiro atoms. The zero-order valence-electron chi connectivity index (χ0n) is 13.7. The van der Waals surface area contributed by atoms with Crippen molar-refractivity contribution in [3.8, 4) is 0 Å². The fourth-order valence-corrected chi connectivity index (χ4v) is 4.01. The minimum absolute atomic E-state index is 0.0352. The molecular weight excluding hydrogens is 353 g/mol. The second-order valence-electron chi connectivity index (χ2n) is 5.94. The van der Waals surface area contributed by atoms with Crippen molar-refractivity contribution < 1.29 is 4.39 Å². The van der Waals surface area contributed by atoms with Crippen LogP contribution in [0.1, 0.15) is 29.5 Å². The number of hydrogen-bond acceptors (Lipinski definition) is 5. The fraction of sp³-hybridized carbons (Fsp3) is 0.235. The number of pyridine rings is 1. The molecule has 26 heavy (non-hydrogen) atoms. The molecule has 4 rings (SSSR count). The number of aromatic nitrogens is 3. The van der Waals surface area contributed by atoms with Crippen LogP contribution >= 0.6 is 11.3 Å². The van der Waals surface area contributed by atoms with E-state index in [4.69, 9.17) is 10.8 Å². The maximum Gasteiger partial charge on any atom is 0.156 e. The monoisotopic (exact) mass is 369 g/mol. The van der Waals surface area contributed by atoms with Crippen LogP contribution in [0.15, 0.2) is 35.0 Å². The van der Waals surface area contributed by atoms with Crippen LogP contribution in [0.2, 0.25) is 0 Å². The van der Waals surface area contributed by atoms with Gasteiger partial charge >= 0.3 is 0 Å². The molecule has 9 heteroatoms. The van der Waals surface area contributed by atoms with Crippen LogP contribution in [0.3, 0.4) is 0 Å². The Hall–Kier alpha value is -2.94. The predicted molar refractivity (Wildman–Crippen MR) is 99.9 cm³/mol. The summed E-state index contributed by atoms with van der Waals surface area (Å²) in [6.07, 6.45) is 7.57. The zero-order valence-corrected chi connectivity index (χ0v) is 14.6. The lowest BCUT2D eigenvalue weighted by molar-refractivity contribution is 0.405. The third-order valence-electron chi connectivity index (χ3n) is 4.39. The van der Waals surface area contributed by atoms with Gasteiger partial charge in [-0.15, -0.1) is 11.3 Å². The van der Waals surface area contributed by atoms with Gasteiger partial charge in [0.1, 0.15) is 22.3 Å². The summed E-state index contributed by atoms with van der Waals surface area (Å²) in [5.74, 6) is -0.0934. The van der Waals surface area contributed by atoms with E-state index in [9.17, 15) is 4.39 Å². The van der Waals surface area contributed by atoms with Gasteiger partial charge < -0.3 is 15.3 Å². The highest BCUT2D eigenvalue weighted by Crippen LogP contribution is 2.33. The number of aromatic amines is 1. The third kappa shape index (κ3) is 2.90. The first-order chi connectivity index (χ1) is 12.7. The van der Waals surface area contributed by atoms with Crippen LogP contribution in [0.5, 0.6) is 0 Å². The number of amidine groups is 2. The Balaban J connectivity index is 1.67. The molecule has 1 unspecified atom stereocenters. The molecule has 1 fully saturated rings. The molecule has 0 bridgehead atoms. The summed E-state index contributed by atoms with van der Waals surface area (Å²) in [7, 11) is 0. The minimum atomic E-state index is -0.467. The van der Waals surface area contributed by atoms with Gasteiger partial charge in [0, 0.05) is 35.3 Å². The predicted octanol–water partition coefficient (Wildman–Crippen LogP) is 3.37. The van der Waals surface area contributed by atoms with Crippen molar-refractivity contribution in [3.63, 3.8) is 0 Å². The lowest BCUT2D eigenvalue weighted by atomic mass is 10.2. The molecule has 0 amide bonds. The van der Waals surface area contributed by atoms with Crippen molar-refractivity contribution in [1.82, 2.24) is 19.9 Å². The maximum absolute atomic E-state index is 13.5. The molecule has 3 aromatic heterocycles. The van der Waals surface area contributed by atoms with E-state index in [0.29, 0.717) is 22.4 Å². The van der Waals surface area contributed by atoms with Gasteiger partial charge in [-0.2, -0.15) is 0 Å². The molecule has 132 valence electrons. The van der Waals surface area contributed by atoms with Crippen LogP contribution < -0.4 is 0 Å². The molecule has 1 aliphatic rings. The Kier molecular flexibility index (Phi) is 4.29. The van der Waals surface area contributed by atoms with E-state index in [1.54, 1.807) is 23.7 Å². The molecule has 1 saturated heterocycles. The molecule has 0 radical (unpaired) electrons. The van der Waals surface area contributed by atoms with Gasteiger partial charge in [-0.1, -0.05) is 0 Å².